The van der Waals surface area contributed by atoms with E-state index in [2.05, 4.69) is 47.4 Å². The van der Waals surface area contributed by atoms with E-state index in [9.17, 15) is 19.2 Å². The van der Waals surface area contributed by atoms with Gasteiger partial charge in [0, 0.05) is 36.8 Å². The molecule has 0 radical (unpaired) electrons. The minimum absolute atomic E-state index is 0.0380. The van der Waals surface area contributed by atoms with Crippen LogP contribution in [0.5, 0.6) is 0 Å². The zero-order valence-electron chi connectivity index (χ0n) is 26.7. The van der Waals surface area contributed by atoms with Gasteiger partial charge in [0.1, 0.15) is 0 Å². The molecule has 0 N–H and O–H groups in total. The van der Waals surface area contributed by atoms with Gasteiger partial charge in [0.05, 0.1) is 26.4 Å². The Morgan fingerprint density at radius 1 is 0.478 bits per heavy atom. The van der Waals surface area contributed by atoms with Crippen molar-refractivity contribution < 1.29 is 38.1 Å². The lowest BCUT2D eigenvalue weighted by molar-refractivity contribution is -0.173. The van der Waals surface area contributed by atoms with E-state index in [-0.39, 0.29) is 52.1 Å². The predicted molar refractivity (Wildman–Crippen MR) is 172 cm³/mol. The molecule has 0 aliphatic carbocycles. The second-order valence-electron chi connectivity index (χ2n) is 9.69. The molecule has 8 heteroatoms. The first-order valence-corrected chi connectivity index (χ1v) is 15.0. The lowest BCUT2D eigenvalue weighted by Crippen LogP contribution is -2.42. The minimum Gasteiger partial charge on any atom is -0.465 e. The third-order valence-corrected chi connectivity index (χ3v) is 6.48. The van der Waals surface area contributed by atoms with Gasteiger partial charge in [-0.1, -0.05) is 71.9 Å². The Balaban J connectivity index is 2.43. The second-order valence-corrected chi connectivity index (χ2v) is 9.69. The first kappa shape index (κ1) is 36.8. The normalized spacial score (nSPS) is 10.1. The molecule has 0 aromatic heterocycles. The van der Waals surface area contributed by atoms with Gasteiger partial charge in [-0.25, -0.2) is 0 Å². The molecule has 238 valence electrons. The molecule has 0 aliphatic rings. The highest BCUT2D eigenvalue weighted by molar-refractivity contribution is 6.01. The predicted octanol–water partition coefficient (Wildman–Crippen LogP) is 4.88. The molecule has 0 saturated carbocycles. The highest BCUT2D eigenvalue weighted by Crippen LogP contribution is 2.31. The van der Waals surface area contributed by atoms with Gasteiger partial charge in [-0.05, 0) is 63.8 Å². The van der Waals surface area contributed by atoms with Crippen molar-refractivity contribution in [2.24, 2.45) is 10.8 Å². The zero-order valence-corrected chi connectivity index (χ0v) is 26.7. The standard InChI is InChI=1S/C38H38O8/c1-5-43-33(39)37(34(40)44-6-2,29-19-25-31-21-13-11-14-22-31)27-17-9-10-18-28-38(35(41)45-7-3,36(42)46-8-4)30-20-26-32-23-15-12-16-24-32/h11-16,21-24H,5-8,27-30H2,1-4H3. The monoisotopic (exact) mass is 622 g/mol. The quantitative estimate of drug-likeness (QED) is 0.143. The lowest BCUT2D eigenvalue weighted by Gasteiger charge is -2.25. The number of ether oxygens (including phenoxy) is 4. The smallest absolute Gasteiger partial charge is 0.325 e. The van der Waals surface area contributed by atoms with Crippen LogP contribution in [0.4, 0.5) is 0 Å². The van der Waals surface area contributed by atoms with E-state index >= 15 is 0 Å². The lowest BCUT2D eigenvalue weighted by atomic mass is 9.81. The molecule has 0 amide bonds. The van der Waals surface area contributed by atoms with Crippen LogP contribution < -0.4 is 0 Å². The van der Waals surface area contributed by atoms with Crippen molar-refractivity contribution >= 4 is 23.9 Å². The fourth-order valence-corrected chi connectivity index (χ4v) is 4.06. The summed E-state index contributed by atoms with van der Waals surface area (Å²) in [6.07, 6.45) is -0.967. The molecule has 2 aromatic rings. The van der Waals surface area contributed by atoms with Crippen LogP contribution in [0.3, 0.4) is 0 Å². The van der Waals surface area contributed by atoms with E-state index in [1.807, 2.05) is 36.4 Å². The molecule has 2 rings (SSSR count). The molecule has 8 nitrogen and oxygen atoms in total. The Bertz CT molecular complexity index is 1420. The summed E-state index contributed by atoms with van der Waals surface area (Å²) in [6.45, 7) is 6.67. The number of benzene rings is 2. The topological polar surface area (TPSA) is 105 Å². The van der Waals surface area contributed by atoms with Crippen molar-refractivity contribution in [3.8, 4) is 47.4 Å². The number of carbonyl (C=O) groups excluding carboxylic acids is 4. The van der Waals surface area contributed by atoms with Gasteiger partial charge in [-0.15, -0.1) is 0 Å². The Kier molecular flexibility index (Phi) is 15.8. The van der Waals surface area contributed by atoms with E-state index in [4.69, 9.17) is 18.9 Å². The average molecular weight is 623 g/mol. The van der Waals surface area contributed by atoms with Gasteiger partial charge in [0.15, 0.2) is 10.8 Å². The summed E-state index contributed by atoms with van der Waals surface area (Å²) in [5.41, 5.74) is -2.20. The van der Waals surface area contributed by atoms with Crippen LogP contribution in [0.2, 0.25) is 0 Å². The van der Waals surface area contributed by atoms with Crippen LogP contribution >= 0.6 is 0 Å². The van der Waals surface area contributed by atoms with Gasteiger partial charge < -0.3 is 18.9 Å². The van der Waals surface area contributed by atoms with E-state index in [0.717, 1.165) is 0 Å². The van der Waals surface area contributed by atoms with E-state index in [0.29, 0.717) is 11.1 Å². The summed E-state index contributed by atoms with van der Waals surface area (Å²) < 4.78 is 21.0. The van der Waals surface area contributed by atoms with Gasteiger partial charge in [0.25, 0.3) is 0 Å². The van der Waals surface area contributed by atoms with Crippen molar-refractivity contribution in [3.05, 3.63) is 71.8 Å². The first-order chi connectivity index (χ1) is 22.3. The van der Waals surface area contributed by atoms with Gasteiger partial charge in [-0.3, -0.25) is 19.2 Å². The highest BCUT2D eigenvalue weighted by atomic mass is 16.6. The number of esters is 4. The third kappa shape index (κ3) is 10.6. The van der Waals surface area contributed by atoms with Crippen LogP contribution in [0.1, 0.15) is 64.5 Å². The van der Waals surface area contributed by atoms with E-state index < -0.39 is 34.7 Å². The van der Waals surface area contributed by atoms with Gasteiger partial charge >= 0.3 is 23.9 Å². The molecule has 0 unspecified atom stereocenters. The van der Waals surface area contributed by atoms with E-state index in [1.165, 1.54) is 0 Å². The Morgan fingerprint density at radius 2 is 0.761 bits per heavy atom. The Hall–Kier alpha value is -5.44. The fraction of sp³-hybridized carbons (Fsp3) is 0.368. The number of rotatable bonds is 12. The molecule has 0 aliphatic heterocycles. The van der Waals surface area contributed by atoms with Crippen molar-refractivity contribution in [3.63, 3.8) is 0 Å². The summed E-state index contributed by atoms with van der Waals surface area (Å²) in [5.74, 6) is 19.2. The largest absolute Gasteiger partial charge is 0.465 e. The molecule has 0 atom stereocenters. The van der Waals surface area contributed by atoms with Crippen LogP contribution in [-0.4, -0.2) is 50.3 Å². The summed E-state index contributed by atoms with van der Waals surface area (Å²) in [5, 5.41) is 0. The van der Waals surface area contributed by atoms with Crippen LogP contribution in [0, 0.1) is 58.2 Å². The van der Waals surface area contributed by atoms with Crippen molar-refractivity contribution in [2.75, 3.05) is 26.4 Å². The molecule has 0 spiro atoms. The number of carbonyl (C=O) groups is 4. The number of hydrogen-bond donors (Lipinski definition) is 0. The van der Waals surface area contributed by atoms with Crippen LogP contribution in [0.15, 0.2) is 60.7 Å². The first-order valence-electron chi connectivity index (χ1n) is 15.0. The molecule has 0 bridgehead atoms. The highest BCUT2D eigenvalue weighted by Gasteiger charge is 2.49. The summed E-state index contributed by atoms with van der Waals surface area (Å²) in [6, 6.07) is 18.2. The summed E-state index contributed by atoms with van der Waals surface area (Å²) in [7, 11) is 0. The maximum atomic E-state index is 13.1. The summed E-state index contributed by atoms with van der Waals surface area (Å²) in [4.78, 5) is 52.6. The molecular formula is C38H38O8. The maximum Gasteiger partial charge on any atom is 0.325 e. The average Bonchev–Trinajstić information content (AvgIpc) is 3.06. The Morgan fingerprint density at radius 3 is 1.04 bits per heavy atom. The van der Waals surface area contributed by atoms with Crippen LogP contribution in [0.25, 0.3) is 0 Å². The third-order valence-electron chi connectivity index (χ3n) is 6.48. The maximum absolute atomic E-state index is 13.1. The van der Waals surface area contributed by atoms with Crippen molar-refractivity contribution in [1.82, 2.24) is 0 Å². The van der Waals surface area contributed by atoms with Crippen LogP contribution in [-0.2, 0) is 38.1 Å². The van der Waals surface area contributed by atoms with Gasteiger partial charge in [-0.2, -0.15) is 0 Å². The second kappa shape index (κ2) is 19.8. The fourth-order valence-electron chi connectivity index (χ4n) is 4.06. The van der Waals surface area contributed by atoms with E-state index in [1.54, 1.807) is 52.0 Å². The van der Waals surface area contributed by atoms with Gasteiger partial charge in [0.2, 0.25) is 0 Å². The SMILES string of the molecule is CCOC(=O)C(CC#CC#CCC(CC#Cc1ccccc1)(C(=O)OCC)C(=O)OCC)(CC#Cc1ccccc1)C(=O)OCC. The molecule has 0 saturated heterocycles. The molecule has 46 heavy (non-hydrogen) atoms. The zero-order chi connectivity index (χ0) is 33.7. The minimum atomic E-state index is -1.81. The number of hydrogen-bond acceptors (Lipinski definition) is 8. The van der Waals surface area contributed by atoms with Crippen molar-refractivity contribution in [2.45, 2.75) is 53.4 Å². The molecule has 0 heterocycles. The molecular weight excluding hydrogens is 584 g/mol. The Labute approximate surface area is 271 Å². The van der Waals surface area contributed by atoms with Crippen molar-refractivity contribution in [1.29, 1.82) is 0 Å². The molecule has 2 aromatic carbocycles. The molecule has 0 fully saturated rings. The summed E-state index contributed by atoms with van der Waals surface area (Å²) >= 11 is 0.